The molecule has 0 bridgehead atoms. The molecule has 3 rings (SSSR count). The third kappa shape index (κ3) is 2.56. The van der Waals surface area contributed by atoms with Crippen LogP contribution in [-0.2, 0) is 18.4 Å². The molecule has 1 aromatic heterocycles. The van der Waals surface area contributed by atoms with E-state index in [1.807, 2.05) is 40.3 Å². The van der Waals surface area contributed by atoms with Crippen LogP contribution < -0.4 is 5.69 Å². The Balaban J connectivity index is 2.07. The number of para-hydroxylation sites is 2. The predicted octanol–water partition coefficient (Wildman–Crippen LogP) is 3.77. The molecule has 0 atom stereocenters. The first-order valence-corrected chi connectivity index (χ1v) is 8.18. The summed E-state index contributed by atoms with van der Waals surface area (Å²) in [5.74, 6) is 0. The summed E-state index contributed by atoms with van der Waals surface area (Å²) in [6.45, 7) is 3.30. The first-order valence-electron chi connectivity index (χ1n) is 7.06. The van der Waals surface area contributed by atoms with Gasteiger partial charge >= 0.3 is 5.69 Å². The van der Waals surface area contributed by atoms with Crippen molar-refractivity contribution >= 4 is 27.0 Å². The second-order valence-corrected chi connectivity index (χ2v) is 5.61. The third-order valence-corrected chi connectivity index (χ3v) is 4.41. The van der Waals surface area contributed by atoms with Crippen LogP contribution in [0.5, 0.6) is 0 Å². The Bertz CT molecular complexity index is 815. The smallest absolute Gasteiger partial charge is 0.292 e. The van der Waals surface area contributed by atoms with Gasteiger partial charge in [-0.05, 0) is 30.2 Å². The molecule has 1 heterocycles. The van der Waals surface area contributed by atoms with Crippen molar-refractivity contribution < 1.29 is 0 Å². The Morgan fingerprint density at radius 1 is 0.905 bits per heavy atom. The van der Waals surface area contributed by atoms with Gasteiger partial charge < -0.3 is 0 Å². The van der Waals surface area contributed by atoms with Gasteiger partial charge in [-0.15, -0.1) is 0 Å². The Morgan fingerprint density at radius 2 is 1.48 bits per heavy atom. The number of halogens is 1. The molecule has 108 valence electrons. The van der Waals surface area contributed by atoms with Gasteiger partial charge in [-0.3, -0.25) is 9.13 Å². The highest BCUT2D eigenvalue weighted by molar-refractivity contribution is 9.08. The molecule has 3 aromatic rings. The Morgan fingerprint density at radius 3 is 2.05 bits per heavy atom. The van der Waals surface area contributed by atoms with E-state index in [2.05, 4.69) is 40.2 Å². The van der Waals surface area contributed by atoms with Crippen LogP contribution in [0.1, 0.15) is 18.1 Å². The van der Waals surface area contributed by atoms with Gasteiger partial charge in [0.2, 0.25) is 0 Å². The topological polar surface area (TPSA) is 26.9 Å². The number of benzene rings is 2. The molecule has 0 aliphatic rings. The van der Waals surface area contributed by atoms with Gasteiger partial charge in [0.1, 0.15) is 0 Å². The van der Waals surface area contributed by atoms with Crippen molar-refractivity contribution in [2.45, 2.75) is 25.3 Å². The van der Waals surface area contributed by atoms with E-state index in [1.165, 1.54) is 5.56 Å². The zero-order valence-corrected chi connectivity index (χ0v) is 13.5. The SMILES string of the molecule is CCn1c(=O)n(Cc2ccc(CBr)cc2)c2ccccc21. The van der Waals surface area contributed by atoms with Crippen molar-refractivity contribution in [2.75, 3.05) is 0 Å². The second-order valence-electron chi connectivity index (χ2n) is 5.05. The fraction of sp³-hybridized carbons (Fsp3) is 0.235. The van der Waals surface area contributed by atoms with Crippen LogP contribution in [0.25, 0.3) is 11.0 Å². The highest BCUT2D eigenvalue weighted by Gasteiger charge is 2.11. The normalized spacial score (nSPS) is 11.1. The summed E-state index contributed by atoms with van der Waals surface area (Å²) in [4.78, 5) is 12.6. The first kappa shape index (κ1) is 14.1. The van der Waals surface area contributed by atoms with Crippen LogP contribution in [-0.4, -0.2) is 9.13 Å². The highest BCUT2D eigenvalue weighted by Crippen LogP contribution is 2.15. The molecule has 3 nitrogen and oxygen atoms in total. The maximum absolute atomic E-state index is 12.6. The Hall–Kier alpha value is -1.81. The van der Waals surface area contributed by atoms with Gasteiger partial charge in [-0.2, -0.15) is 0 Å². The molecule has 0 radical (unpaired) electrons. The van der Waals surface area contributed by atoms with Gasteiger partial charge in [0.25, 0.3) is 0 Å². The van der Waals surface area contributed by atoms with Gasteiger partial charge in [0, 0.05) is 11.9 Å². The summed E-state index contributed by atoms with van der Waals surface area (Å²) in [6, 6.07) is 16.3. The number of aromatic nitrogens is 2. The molecule has 21 heavy (non-hydrogen) atoms. The molecule has 0 saturated heterocycles. The Labute approximate surface area is 132 Å². The summed E-state index contributed by atoms with van der Waals surface area (Å²) in [7, 11) is 0. The fourth-order valence-corrected chi connectivity index (χ4v) is 3.02. The fourth-order valence-electron chi connectivity index (χ4n) is 2.65. The van der Waals surface area contributed by atoms with E-state index in [0.29, 0.717) is 13.1 Å². The van der Waals surface area contributed by atoms with E-state index in [-0.39, 0.29) is 5.69 Å². The van der Waals surface area contributed by atoms with Crippen molar-refractivity contribution in [3.63, 3.8) is 0 Å². The molecule has 0 aliphatic carbocycles. The lowest BCUT2D eigenvalue weighted by atomic mass is 10.1. The summed E-state index contributed by atoms with van der Waals surface area (Å²) >= 11 is 3.45. The standard InChI is InChI=1S/C17H17BrN2O/c1-2-19-15-5-3-4-6-16(15)20(17(19)21)12-14-9-7-13(11-18)8-10-14/h3-10H,2,11-12H2,1H3. The molecule has 2 aromatic carbocycles. The summed E-state index contributed by atoms with van der Waals surface area (Å²) in [5.41, 5.74) is 4.43. The third-order valence-electron chi connectivity index (χ3n) is 3.76. The van der Waals surface area contributed by atoms with Crippen molar-refractivity contribution in [1.82, 2.24) is 9.13 Å². The highest BCUT2D eigenvalue weighted by atomic mass is 79.9. The monoisotopic (exact) mass is 344 g/mol. The number of alkyl halides is 1. The second kappa shape index (κ2) is 5.90. The summed E-state index contributed by atoms with van der Waals surface area (Å²) in [5, 5.41) is 0.850. The molecule has 0 unspecified atom stereocenters. The van der Waals surface area contributed by atoms with E-state index in [4.69, 9.17) is 0 Å². The van der Waals surface area contributed by atoms with E-state index in [9.17, 15) is 4.79 Å². The molecule has 0 N–H and O–H groups in total. The summed E-state index contributed by atoms with van der Waals surface area (Å²) in [6.07, 6.45) is 0. The average molecular weight is 345 g/mol. The predicted molar refractivity (Wildman–Crippen MR) is 90.0 cm³/mol. The largest absolute Gasteiger partial charge is 0.329 e. The number of rotatable bonds is 4. The van der Waals surface area contributed by atoms with E-state index >= 15 is 0 Å². The number of imidazole rings is 1. The lowest BCUT2D eigenvalue weighted by Crippen LogP contribution is -2.24. The molecular weight excluding hydrogens is 328 g/mol. The van der Waals surface area contributed by atoms with Crippen LogP contribution >= 0.6 is 15.9 Å². The minimum absolute atomic E-state index is 0.0586. The van der Waals surface area contributed by atoms with Crippen molar-refractivity contribution in [2.24, 2.45) is 0 Å². The molecule has 0 saturated carbocycles. The molecule has 4 heteroatoms. The Kier molecular flexibility index (Phi) is 3.97. The maximum atomic E-state index is 12.6. The zero-order chi connectivity index (χ0) is 14.8. The van der Waals surface area contributed by atoms with E-state index < -0.39 is 0 Å². The minimum atomic E-state index is 0.0586. The van der Waals surface area contributed by atoms with Gasteiger partial charge in [0.05, 0.1) is 17.6 Å². The molecule has 0 amide bonds. The molecular formula is C17H17BrN2O. The van der Waals surface area contributed by atoms with Crippen molar-refractivity contribution in [1.29, 1.82) is 0 Å². The van der Waals surface area contributed by atoms with Crippen LogP contribution in [0.15, 0.2) is 53.3 Å². The van der Waals surface area contributed by atoms with Crippen LogP contribution in [0, 0.1) is 0 Å². The molecule has 0 spiro atoms. The lowest BCUT2D eigenvalue weighted by molar-refractivity contribution is 0.684. The zero-order valence-electron chi connectivity index (χ0n) is 11.9. The van der Waals surface area contributed by atoms with Gasteiger partial charge in [0.15, 0.2) is 0 Å². The van der Waals surface area contributed by atoms with Crippen LogP contribution in [0.3, 0.4) is 0 Å². The van der Waals surface area contributed by atoms with E-state index in [0.717, 1.165) is 21.9 Å². The lowest BCUT2D eigenvalue weighted by Gasteiger charge is -2.04. The number of aryl methyl sites for hydroxylation is 1. The number of hydrogen-bond donors (Lipinski definition) is 0. The maximum Gasteiger partial charge on any atom is 0.329 e. The average Bonchev–Trinajstić information content (AvgIpc) is 2.80. The van der Waals surface area contributed by atoms with Gasteiger partial charge in [-0.25, -0.2) is 4.79 Å². The van der Waals surface area contributed by atoms with Crippen molar-refractivity contribution in [3.05, 3.63) is 70.1 Å². The van der Waals surface area contributed by atoms with Crippen molar-refractivity contribution in [3.8, 4) is 0 Å². The van der Waals surface area contributed by atoms with Crippen LogP contribution in [0.2, 0.25) is 0 Å². The first-order chi connectivity index (χ1) is 10.2. The molecule has 0 fully saturated rings. The quantitative estimate of drug-likeness (QED) is 0.662. The summed E-state index contributed by atoms with van der Waals surface area (Å²) < 4.78 is 3.67. The van der Waals surface area contributed by atoms with Crippen LogP contribution in [0.4, 0.5) is 0 Å². The van der Waals surface area contributed by atoms with Gasteiger partial charge in [-0.1, -0.05) is 52.3 Å². The van der Waals surface area contributed by atoms with E-state index in [1.54, 1.807) is 0 Å². The molecule has 0 aliphatic heterocycles. The minimum Gasteiger partial charge on any atom is -0.292 e. The number of nitrogens with zero attached hydrogens (tertiary/aromatic N) is 2. The number of fused-ring (bicyclic) bond motifs is 1. The number of hydrogen-bond acceptors (Lipinski definition) is 1.